The summed E-state index contributed by atoms with van der Waals surface area (Å²) < 4.78 is 4.81. The predicted octanol–water partition coefficient (Wildman–Crippen LogP) is 1.94. The maximum atomic E-state index is 11.6. The van der Waals surface area contributed by atoms with Crippen LogP contribution in [-0.2, 0) is 0 Å². The molecule has 1 aromatic heterocycles. The lowest BCUT2D eigenvalue weighted by molar-refractivity contribution is 0.0988. The number of phenolic OH excluding ortho intramolecular Hbond substituents is 1. The van der Waals surface area contributed by atoms with Crippen LogP contribution in [-0.4, -0.2) is 16.2 Å². The number of benzene rings is 1. The smallest absolute Gasteiger partial charge is 0.294 e. The predicted molar refractivity (Wildman–Crippen MR) is 57.3 cm³/mol. The number of aromatic hydroxyl groups is 1. The van der Waals surface area contributed by atoms with E-state index in [1.54, 1.807) is 25.1 Å². The van der Waals surface area contributed by atoms with Gasteiger partial charge in [-0.25, -0.2) is 0 Å². The van der Waals surface area contributed by atoms with Gasteiger partial charge >= 0.3 is 0 Å². The first-order valence-electron chi connectivity index (χ1n) is 4.69. The molecular formula is C11H10N2O3. The Morgan fingerprint density at radius 3 is 2.62 bits per heavy atom. The van der Waals surface area contributed by atoms with Crippen LogP contribution in [0.4, 0.5) is 5.69 Å². The summed E-state index contributed by atoms with van der Waals surface area (Å²) in [4.78, 5) is 11.6. The number of rotatable bonds is 2. The van der Waals surface area contributed by atoms with E-state index in [4.69, 9.17) is 9.63 Å². The molecule has 82 valence electrons. The highest BCUT2D eigenvalue weighted by Gasteiger charge is 2.11. The molecule has 5 heteroatoms. The van der Waals surface area contributed by atoms with Gasteiger partial charge in [0.1, 0.15) is 5.75 Å². The molecule has 0 radical (unpaired) electrons. The van der Waals surface area contributed by atoms with Gasteiger partial charge in [0.2, 0.25) is 5.76 Å². The molecule has 1 amide bonds. The van der Waals surface area contributed by atoms with Crippen molar-refractivity contribution in [2.75, 3.05) is 5.32 Å². The minimum atomic E-state index is -0.369. The first kappa shape index (κ1) is 10.2. The maximum absolute atomic E-state index is 11.6. The molecule has 0 aliphatic carbocycles. The molecule has 5 nitrogen and oxygen atoms in total. The number of anilines is 1. The molecule has 0 aliphatic heterocycles. The largest absolute Gasteiger partial charge is 0.508 e. The SMILES string of the molecule is Cc1cc(C(=O)Nc2ccc(O)cc2)on1. The molecule has 16 heavy (non-hydrogen) atoms. The van der Waals surface area contributed by atoms with Crippen molar-refractivity contribution in [1.82, 2.24) is 5.16 Å². The third-order valence-corrected chi connectivity index (χ3v) is 1.98. The van der Waals surface area contributed by atoms with Gasteiger partial charge in [0, 0.05) is 11.8 Å². The van der Waals surface area contributed by atoms with E-state index in [-0.39, 0.29) is 17.4 Å². The van der Waals surface area contributed by atoms with Crippen molar-refractivity contribution in [3.63, 3.8) is 0 Å². The number of carbonyl (C=O) groups is 1. The first-order chi connectivity index (χ1) is 7.65. The van der Waals surface area contributed by atoms with Crippen molar-refractivity contribution in [2.24, 2.45) is 0 Å². The van der Waals surface area contributed by atoms with Crippen LogP contribution in [0.2, 0.25) is 0 Å². The van der Waals surface area contributed by atoms with Crippen molar-refractivity contribution in [3.05, 3.63) is 41.8 Å². The van der Waals surface area contributed by atoms with Gasteiger partial charge in [0.05, 0.1) is 5.69 Å². The minimum Gasteiger partial charge on any atom is -0.508 e. The summed E-state index contributed by atoms with van der Waals surface area (Å²) >= 11 is 0. The molecule has 2 aromatic rings. The highest BCUT2D eigenvalue weighted by Crippen LogP contribution is 2.14. The highest BCUT2D eigenvalue weighted by atomic mass is 16.5. The number of hydrogen-bond donors (Lipinski definition) is 2. The summed E-state index contributed by atoms with van der Waals surface area (Å²) in [6.07, 6.45) is 0. The van der Waals surface area contributed by atoms with E-state index in [1.807, 2.05) is 0 Å². The second kappa shape index (κ2) is 4.06. The lowest BCUT2D eigenvalue weighted by atomic mass is 10.3. The molecule has 1 heterocycles. The Balaban J connectivity index is 2.10. The average Bonchev–Trinajstić information content (AvgIpc) is 2.68. The van der Waals surface area contributed by atoms with Crippen LogP contribution in [0.1, 0.15) is 16.2 Å². The Bertz CT molecular complexity index is 502. The van der Waals surface area contributed by atoms with Gasteiger partial charge in [-0.2, -0.15) is 0 Å². The molecule has 0 saturated carbocycles. The Labute approximate surface area is 91.7 Å². The zero-order chi connectivity index (χ0) is 11.5. The number of hydrogen-bond acceptors (Lipinski definition) is 4. The van der Waals surface area contributed by atoms with Gasteiger partial charge in [-0.3, -0.25) is 4.79 Å². The zero-order valence-electron chi connectivity index (χ0n) is 8.60. The van der Waals surface area contributed by atoms with Gasteiger partial charge in [-0.1, -0.05) is 5.16 Å². The van der Waals surface area contributed by atoms with Crippen LogP contribution < -0.4 is 5.32 Å². The Kier molecular flexibility index (Phi) is 2.59. The first-order valence-corrected chi connectivity index (χ1v) is 4.69. The van der Waals surface area contributed by atoms with Crippen LogP contribution >= 0.6 is 0 Å². The van der Waals surface area contributed by atoms with E-state index in [2.05, 4.69) is 10.5 Å². The van der Waals surface area contributed by atoms with Gasteiger partial charge in [-0.05, 0) is 31.2 Å². The van der Waals surface area contributed by atoms with E-state index in [1.165, 1.54) is 12.1 Å². The van der Waals surface area contributed by atoms with E-state index >= 15 is 0 Å². The maximum Gasteiger partial charge on any atom is 0.294 e. The molecule has 0 saturated heterocycles. The molecule has 2 rings (SSSR count). The van der Waals surface area contributed by atoms with E-state index in [0.717, 1.165) is 0 Å². The van der Waals surface area contributed by atoms with E-state index in [0.29, 0.717) is 11.4 Å². The van der Waals surface area contributed by atoms with Crippen molar-refractivity contribution >= 4 is 11.6 Å². The molecule has 0 spiro atoms. The van der Waals surface area contributed by atoms with E-state index in [9.17, 15) is 4.79 Å². The fraction of sp³-hybridized carbons (Fsp3) is 0.0909. The summed E-state index contributed by atoms with van der Waals surface area (Å²) in [6, 6.07) is 7.71. The summed E-state index contributed by atoms with van der Waals surface area (Å²) in [5.41, 5.74) is 1.23. The average molecular weight is 218 g/mol. The standard InChI is InChI=1S/C11H10N2O3/c1-7-6-10(16-13-7)11(15)12-8-2-4-9(14)5-3-8/h2-6,14H,1H3,(H,12,15). The number of phenols is 1. The molecular weight excluding hydrogens is 208 g/mol. The zero-order valence-corrected chi connectivity index (χ0v) is 8.60. The molecule has 0 bridgehead atoms. The van der Waals surface area contributed by atoms with Gasteiger partial charge in [0.25, 0.3) is 5.91 Å². The van der Waals surface area contributed by atoms with Crippen molar-refractivity contribution in [1.29, 1.82) is 0 Å². The van der Waals surface area contributed by atoms with Gasteiger partial charge < -0.3 is 14.9 Å². The summed E-state index contributed by atoms with van der Waals surface area (Å²) in [7, 11) is 0. The van der Waals surface area contributed by atoms with E-state index < -0.39 is 0 Å². The van der Waals surface area contributed by atoms with Crippen LogP contribution in [0.15, 0.2) is 34.9 Å². The monoisotopic (exact) mass is 218 g/mol. The summed E-state index contributed by atoms with van der Waals surface area (Å²) in [5, 5.41) is 15.3. The lowest BCUT2D eigenvalue weighted by Crippen LogP contribution is -2.10. The van der Waals surface area contributed by atoms with Crippen LogP contribution in [0, 0.1) is 6.92 Å². The number of amides is 1. The highest BCUT2D eigenvalue weighted by molar-refractivity contribution is 6.02. The Hall–Kier alpha value is -2.30. The third-order valence-electron chi connectivity index (χ3n) is 1.98. The van der Waals surface area contributed by atoms with Gasteiger partial charge in [0.15, 0.2) is 0 Å². The van der Waals surface area contributed by atoms with Crippen molar-refractivity contribution < 1.29 is 14.4 Å². The second-order valence-electron chi connectivity index (χ2n) is 3.33. The summed E-state index contributed by atoms with van der Waals surface area (Å²) in [6.45, 7) is 1.74. The second-order valence-corrected chi connectivity index (χ2v) is 3.33. The fourth-order valence-electron chi connectivity index (χ4n) is 1.21. The fourth-order valence-corrected chi connectivity index (χ4v) is 1.21. The van der Waals surface area contributed by atoms with Crippen LogP contribution in [0.3, 0.4) is 0 Å². The molecule has 1 aromatic carbocycles. The number of nitrogens with one attached hydrogen (secondary N) is 1. The Morgan fingerprint density at radius 1 is 1.38 bits per heavy atom. The summed E-state index contributed by atoms with van der Waals surface area (Å²) in [5.74, 6) is -0.0645. The third kappa shape index (κ3) is 2.20. The number of nitrogens with zero attached hydrogens (tertiary/aromatic N) is 1. The molecule has 0 unspecified atom stereocenters. The van der Waals surface area contributed by atoms with Crippen molar-refractivity contribution in [3.8, 4) is 5.75 Å². The normalized spacial score (nSPS) is 10.1. The van der Waals surface area contributed by atoms with Crippen molar-refractivity contribution in [2.45, 2.75) is 6.92 Å². The lowest BCUT2D eigenvalue weighted by Gasteiger charge is -2.01. The van der Waals surface area contributed by atoms with Gasteiger partial charge in [-0.15, -0.1) is 0 Å². The minimum absolute atomic E-state index is 0.147. The van der Waals surface area contributed by atoms with Crippen LogP contribution in [0.5, 0.6) is 5.75 Å². The van der Waals surface area contributed by atoms with Crippen LogP contribution in [0.25, 0.3) is 0 Å². The Morgan fingerprint density at radius 2 is 2.06 bits per heavy atom. The molecule has 0 fully saturated rings. The number of aryl methyl sites for hydroxylation is 1. The molecule has 0 atom stereocenters. The quantitative estimate of drug-likeness (QED) is 0.755. The molecule has 0 aliphatic rings. The molecule has 2 N–H and O–H groups in total. The number of carbonyl (C=O) groups excluding carboxylic acids is 1. The number of aromatic nitrogens is 1. The topological polar surface area (TPSA) is 75.4 Å².